The lowest BCUT2D eigenvalue weighted by Crippen LogP contribution is -2.51. The standard InChI is InChI=1S/C32H25Cl2F5N4O5/c1-13-19(33)8-14-7-15(9-21(25(14)42-13)48-16-3-4-16)28(44)41-11-31(46,32(37,38)39)22-10-18-27(47-12-30(18,2)29(40)45)26(43-22)17-5-6-20(35)24(36)23(17)34/h5-10,16,46H,3-4,11-12H2,1-2H3,(H2,40,45)(H,41,44)/t30-,31?/m0/s1. The number of halogens is 7. The van der Waals surface area contributed by atoms with Crippen LogP contribution in [0.2, 0.25) is 10.0 Å². The minimum absolute atomic E-state index is 0.113. The summed E-state index contributed by atoms with van der Waals surface area (Å²) in [6.45, 7) is 1.06. The van der Waals surface area contributed by atoms with Gasteiger partial charge in [-0.15, -0.1) is 0 Å². The summed E-state index contributed by atoms with van der Waals surface area (Å²) < 4.78 is 84.4. The summed E-state index contributed by atoms with van der Waals surface area (Å²) in [6.07, 6.45) is -4.06. The number of carbonyl (C=O) groups is 2. The van der Waals surface area contributed by atoms with E-state index in [4.69, 9.17) is 38.4 Å². The van der Waals surface area contributed by atoms with Crippen LogP contribution in [0.15, 0.2) is 36.4 Å². The Bertz CT molecular complexity index is 2030. The molecule has 2 aliphatic rings. The number of carbonyl (C=O) groups excluding carboxylic acids is 2. The highest BCUT2D eigenvalue weighted by atomic mass is 35.5. The highest BCUT2D eigenvalue weighted by Crippen LogP contribution is 2.49. The first-order valence-electron chi connectivity index (χ1n) is 14.4. The topological polar surface area (TPSA) is 137 Å². The zero-order chi connectivity index (χ0) is 34.9. The molecular weight excluding hydrogens is 686 g/mol. The third-order valence-corrected chi connectivity index (χ3v) is 9.15. The van der Waals surface area contributed by atoms with Crippen LogP contribution in [0.3, 0.4) is 0 Å². The summed E-state index contributed by atoms with van der Waals surface area (Å²) >= 11 is 12.3. The summed E-state index contributed by atoms with van der Waals surface area (Å²) in [5.74, 6) is -4.92. The van der Waals surface area contributed by atoms with E-state index in [0.717, 1.165) is 25.0 Å². The molecule has 1 unspecified atom stereocenters. The van der Waals surface area contributed by atoms with E-state index in [-0.39, 0.29) is 33.8 Å². The molecule has 2 aromatic heterocycles. The van der Waals surface area contributed by atoms with Crippen molar-refractivity contribution in [1.82, 2.24) is 15.3 Å². The van der Waals surface area contributed by atoms with E-state index in [2.05, 4.69) is 15.3 Å². The maximum absolute atomic E-state index is 14.8. The predicted octanol–water partition coefficient (Wildman–Crippen LogP) is 6.05. The van der Waals surface area contributed by atoms with Gasteiger partial charge in [-0.2, -0.15) is 13.2 Å². The number of amides is 2. The van der Waals surface area contributed by atoms with E-state index >= 15 is 0 Å². The number of pyridine rings is 2. The van der Waals surface area contributed by atoms with E-state index in [9.17, 15) is 36.6 Å². The number of benzene rings is 2. The molecule has 48 heavy (non-hydrogen) atoms. The minimum Gasteiger partial charge on any atom is -0.489 e. The zero-order valence-corrected chi connectivity index (χ0v) is 26.6. The van der Waals surface area contributed by atoms with Crippen molar-refractivity contribution in [2.75, 3.05) is 13.2 Å². The number of hydrogen-bond acceptors (Lipinski definition) is 7. The predicted molar refractivity (Wildman–Crippen MR) is 164 cm³/mol. The number of nitrogens with one attached hydrogen (secondary N) is 1. The van der Waals surface area contributed by atoms with Crippen LogP contribution in [-0.2, 0) is 15.8 Å². The number of rotatable bonds is 8. The van der Waals surface area contributed by atoms with Crippen LogP contribution in [0, 0.1) is 18.6 Å². The third-order valence-electron chi connectivity index (χ3n) is 8.40. The second-order valence-corrected chi connectivity index (χ2v) is 12.7. The van der Waals surface area contributed by atoms with E-state index in [0.29, 0.717) is 22.7 Å². The first-order valence-corrected chi connectivity index (χ1v) is 15.2. The first kappa shape index (κ1) is 33.6. The Balaban J connectivity index is 1.44. The van der Waals surface area contributed by atoms with Crippen LogP contribution in [-0.4, -0.2) is 52.3 Å². The maximum Gasteiger partial charge on any atom is 0.424 e. The van der Waals surface area contributed by atoms with Crippen molar-refractivity contribution < 1.29 is 46.1 Å². The highest BCUT2D eigenvalue weighted by Gasteiger charge is 2.58. The molecule has 4 aromatic rings. The SMILES string of the molecule is Cc1nc2c(OC3CC3)cc(C(=O)NCC(O)(c3cc4c(c(-c5ccc(F)c(F)c5Cl)n3)OC[C@]4(C)C(N)=O)C(F)(F)F)cc2cc1Cl. The van der Waals surface area contributed by atoms with Gasteiger partial charge in [0.1, 0.15) is 34.7 Å². The van der Waals surface area contributed by atoms with Gasteiger partial charge < -0.3 is 25.6 Å². The van der Waals surface area contributed by atoms with Gasteiger partial charge in [-0.25, -0.2) is 18.7 Å². The molecule has 4 N–H and O–H groups in total. The fraction of sp³-hybridized carbons (Fsp3) is 0.312. The van der Waals surface area contributed by atoms with E-state index in [1.165, 1.54) is 19.1 Å². The van der Waals surface area contributed by atoms with Crippen molar-refractivity contribution >= 4 is 45.9 Å². The molecule has 2 aromatic carbocycles. The number of aliphatic hydroxyl groups is 1. The van der Waals surface area contributed by atoms with Crippen molar-refractivity contribution in [3.8, 4) is 22.8 Å². The lowest BCUT2D eigenvalue weighted by molar-refractivity contribution is -0.265. The molecule has 1 saturated carbocycles. The van der Waals surface area contributed by atoms with Crippen molar-refractivity contribution in [3.63, 3.8) is 0 Å². The molecule has 9 nitrogen and oxygen atoms in total. The minimum atomic E-state index is -5.49. The smallest absolute Gasteiger partial charge is 0.424 e. The second kappa shape index (κ2) is 11.7. The largest absolute Gasteiger partial charge is 0.489 e. The van der Waals surface area contributed by atoms with Gasteiger partial charge in [-0.1, -0.05) is 23.2 Å². The number of fused-ring (bicyclic) bond motifs is 2. The van der Waals surface area contributed by atoms with Crippen LogP contribution in [0.4, 0.5) is 22.0 Å². The lowest BCUT2D eigenvalue weighted by atomic mass is 9.81. The number of nitrogens with zero attached hydrogens (tertiary/aromatic N) is 2. The van der Waals surface area contributed by atoms with Crippen molar-refractivity contribution in [2.45, 2.75) is 50.0 Å². The second-order valence-electron chi connectivity index (χ2n) is 11.9. The Labute approximate surface area is 279 Å². The monoisotopic (exact) mass is 710 g/mol. The molecule has 1 aliphatic carbocycles. The number of hydrogen-bond donors (Lipinski definition) is 3. The van der Waals surface area contributed by atoms with E-state index < -0.39 is 75.8 Å². The molecule has 3 heterocycles. The third kappa shape index (κ3) is 5.65. The molecule has 2 amide bonds. The summed E-state index contributed by atoms with van der Waals surface area (Å²) in [7, 11) is 0. The van der Waals surface area contributed by atoms with Gasteiger partial charge in [0.05, 0.1) is 34.1 Å². The number of ether oxygens (including phenoxy) is 2. The Morgan fingerprint density at radius 1 is 1.15 bits per heavy atom. The summed E-state index contributed by atoms with van der Waals surface area (Å²) in [5, 5.41) is 13.3. The number of aryl methyl sites for hydroxylation is 1. The molecule has 252 valence electrons. The average molecular weight is 711 g/mol. The van der Waals surface area contributed by atoms with Crippen LogP contribution in [0.25, 0.3) is 22.2 Å². The summed E-state index contributed by atoms with van der Waals surface area (Å²) in [4.78, 5) is 34.3. The van der Waals surface area contributed by atoms with Crippen LogP contribution in [0.1, 0.15) is 47.1 Å². The Morgan fingerprint density at radius 3 is 2.50 bits per heavy atom. The number of aromatic nitrogens is 2. The fourth-order valence-electron chi connectivity index (χ4n) is 5.24. The molecule has 0 radical (unpaired) electrons. The Hall–Kier alpha value is -4.27. The number of alkyl halides is 3. The van der Waals surface area contributed by atoms with Crippen LogP contribution >= 0.6 is 23.2 Å². The van der Waals surface area contributed by atoms with Crippen LogP contribution in [0.5, 0.6) is 11.5 Å². The van der Waals surface area contributed by atoms with Gasteiger partial charge in [0.15, 0.2) is 11.6 Å². The first-order chi connectivity index (χ1) is 22.4. The van der Waals surface area contributed by atoms with Gasteiger partial charge in [-0.05, 0) is 63.1 Å². The maximum atomic E-state index is 14.8. The molecule has 0 bridgehead atoms. The summed E-state index contributed by atoms with van der Waals surface area (Å²) in [5.41, 5.74) is -1.50. The molecule has 2 atom stereocenters. The molecule has 16 heteroatoms. The quantitative estimate of drug-likeness (QED) is 0.150. The number of primary amides is 1. The van der Waals surface area contributed by atoms with Crippen LogP contribution < -0.4 is 20.5 Å². The zero-order valence-electron chi connectivity index (χ0n) is 25.1. The highest BCUT2D eigenvalue weighted by molar-refractivity contribution is 6.33. The van der Waals surface area contributed by atoms with Crippen molar-refractivity contribution in [1.29, 1.82) is 0 Å². The van der Waals surface area contributed by atoms with Crippen molar-refractivity contribution in [3.05, 3.63) is 80.6 Å². The van der Waals surface area contributed by atoms with Gasteiger partial charge >= 0.3 is 6.18 Å². The van der Waals surface area contributed by atoms with Gasteiger partial charge in [0, 0.05) is 22.1 Å². The van der Waals surface area contributed by atoms with E-state index in [1.807, 2.05) is 0 Å². The fourth-order valence-corrected chi connectivity index (χ4v) is 5.65. The summed E-state index contributed by atoms with van der Waals surface area (Å²) in [6, 6.07) is 6.63. The normalized spacial score (nSPS) is 18.6. The molecule has 6 rings (SSSR count). The van der Waals surface area contributed by atoms with Gasteiger partial charge in [0.2, 0.25) is 11.5 Å². The Kier molecular flexibility index (Phi) is 8.20. The van der Waals surface area contributed by atoms with Crippen molar-refractivity contribution in [2.24, 2.45) is 5.73 Å². The van der Waals surface area contributed by atoms with Gasteiger partial charge in [0.25, 0.3) is 5.91 Å². The lowest BCUT2D eigenvalue weighted by Gasteiger charge is -2.31. The Morgan fingerprint density at radius 2 is 1.85 bits per heavy atom. The molecular formula is C32H25Cl2F5N4O5. The molecule has 1 aliphatic heterocycles. The molecule has 0 spiro atoms. The molecule has 0 saturated heterocycles. The molecule has 1 fully saturated rings. The van der Waals surface area contributed by atoms with Gasteiger partial charge in [-0.3, -0.25) is 9.59 Å². The number of nitrogens with two attached hydrogens (primary N) is 1. The average Bonchev–Trinajstić information content (AvgIpc) is 3.78. The van der Waals surface area contributed by atoms with E-state index in [1.54, 1.807) is 13.0 Å².